The Kier molecular flexibility index (Phi) is 4.31. The van der Waals surface area contributed by atoms with Gasteiger partial charge >= 0.3 is 5.69 Å². The smallest absolute Gasteiger partial charge is 0.326 e. The lowest BCUT2D eigenvalue weighted by atomic mass is 10.2. The van der Waals surface area contributed by atoms with Crippen molar-refractivity contribution in [1.29, 1.82) is 0 Å². The van der Waals surface area contributed by atoms with E-state index in [1.165, 1.54) is 41.8 Å². The summed E-state index contributed by atoms with van der Waals surface area (Å²) in [7, 11) is 1.49. The fourth-order valence-electron chi connectivity index (χ4n) is 2.98. The van der Waals surface area contributed by atoms with E-state index in [0.717, 1.165) is 0 Å². The molecule has 1 N–H and O–H groups in total. The number of nitrogens with zero attached hydrogens (tertiary/aromatic N) is 3. The summed E-state index contributed by atoms with van der Waals surface area (Å²) >= 11 is 1.24. The van der Waals surface area contributed by atoms with Crippen molar-refractivity contribution in [3.8, 4) is 5.88 Å². The van der Waals surface area contributed by atoms with Gasteiger partial charge in [0.25, 0.3) is 0 Å². The van der Waals surface area contributed by atoms with E-state index in [9.17, 15) is 13.6 Å². The van der Waals surface area contributed by atoms with Crippen molar-refractivity contribution < 1.29 is 13.5 Å². The molecular weight excluding hydrogens is 374 g/mol. The quantitative estimate of drug-likeness (QED) is 0.543. The highest BCUT2D eigenvalue weighted by atomic mass is 32.2. The monoisotopic (exact) mass is 388 g/mol. The lowest BCUT2D eigenvalue weighted by molar-refractivity contribution is 0.399. The summed E-state index contributed by atoms with van der Waals surface area (Å²) in [6.45, 7) is -0.254. The molecule has 0 radical (unpaired) electrons. The third-order valence-electron chi connectivity index (χ3n) is 4.31. The maximum absolute atomic E-state index is 14.4. The van der Waals surface area contributed by atoms with Gasteiger partial charge in [-0.25, -0.2) is 18.6 Å². The highest BCUT2D eigenvalue weighted by Crippen LogP contribution is 2.26. The number of imidazole rings is 1. The fraction of sp³-hybridized carbons (Fsp3) is 0.167. The topological polar surface area (TPSA) is 72.8 Å². The molecule has 0 aliphatic heterocycles. The predicted octanol–water partition coefficient (Wildman–Crippen LogP) is 3.33. The van der Waals surface area contributed by atoms with Gasteiger partial charge in [0.1, 0.15) is 11.6 Å². The molecule has 27 heavy (non-hydrogen) atoms. The van der Waals surface area contributed by atoms with Crippen molar-refractivity contribution in [3.05, 3.63) is 58.1 Å². The van der Waals surface area contributed by atoms with Crippen molar-refractivity contribution in [2.45, 2.75) is 11.4 Å². The molecule has 138 valence electrons. The van der Waals surface area contributed by atoms with Gasteiger partial charge in [0.15, 0.2) is 5.65 Å². The van der Waals surface area contributed by atoms with E-state index >= 15 is 0 Å². The Morgan fingerprint density at radius 3 is 2.67 bits per heavy atom. The lowest BCUT2D eigenvalue weighted by Gasteiger charge is -2.09. The number of H-pyrrole nitrogens is 1. The fourth-order valence-corrected chi connectivity index (χ4v) is 3.43. The predicted molar refractivity (Wildman–Crippen MR) is 99.4 cm³/mol. The van der Waals surface area contributed by atoms with Gasteiger partial charge in [0.05, 0.1) is 30.9 Å². The van der Waals surface area contributed by atoms with E-state index in [1.54, 1.807) is 18.4 Å². The number of thioether (sulfide) groups is 1. The Bertz CT molecular complexity index is 1210. The van der Waals surface area contributed by atoms with Crippen LogP contribution in [0, 0.1) is 11.6 Å². The van der Waals surface area contributed by atoms with Gasteiger partial charge in [-0.3, -0.25) is 4.57 Å². The number of hydrogen-bond donors (Lipinski definition) is 1. The highest BCUT2D eigenvalue weighted by Gasteiger charge is 2.17. The van der Waals surface area contributed by atoms with Crippen LogP contribution in [0.2, 0.25) is 0 Å². The van der Waals surface area contributed by atoms with Crippen molar-refractivity contribution in [3.63, 3.8) is 0 Å². The summed E-state index contributed by atoms with van der Waals surface area (Å²) < 4.78 is 35.2. The number of fused-ring (bicyclic) bond motifs is 3. The van der Waals surface area contributed by atoms with Crippen LogP contribution in [0.1, 0.15) is 5.56 Å². The second-order valence-corrected chi connectivity index (χ2v) is 6.71. The first-order valence-electron chi connectivity index (χ1n) is 7.96. The molecule has 3 aromatic heterocycles. The van der Waals surface area contributed by atoms with Gasteiger partial charge in [-0.05, 0) is 24.5 Å². The molecule has 0 saturated heterocycles. The van der Waals surface area contributed by atoms with Crippen molar-refractivity contribution in [2.75, 3.05) is 13.4 Å². The molecule has 1 aromatic carbocycles. The number of aromatic nitrogens is 4. The van der Waals surface area contributed by atoms with E-state index in [-0.39, 0.29) is 12.1 Å². The maximum atomic E-state index is 14.4. The minimum atomic E-state index is -0.696. The van der Waals surface area contributed by atoms with Crippen LogP contribution in [0.25, 0.3) is 22.1 Å². The summed E-state index contributed by atoms with van der Waals surface area (Å²) in [5.74, 6) is -1.01. The molecule has 4 rings (SSSR count). The zero-order chi connectivity index (χ0) is 19.1. The van der Waals surface area contributed by atoms with Gasteiger partial charge in [-0.15, -0.1) is 11.8 Å². The van der Waals surface area contributed by atoms with Crippen LogP contribution in [-0.4, -0.2) is 32.9 Å². The molecule has 4 aromatic rings. The van der Waals surface area contributed by atoms with Gasteiger partial charge in [-0.1, -0.05) is 0 Å². The van der Waals surface area contributed by atoms with Crippen LogP contribution in [0.3, 0.4) is 0 Å². The van der Waals surface area contributed by atoms with Crippen LogP contribution in [0.15, 0.2) is 40.2 Å². The van der Waals surface area contributed by atoms with E-state index in [2.05, 4.69) is 15.0 Å². The van der Waals surface area contributed by atoms with Crippen LogP contribution < -0.4 is 10.4 Å². The molecular formula is C18H14F2N4O2S. The average molecular weight is 388 g/mol. The molecule has 0 aliphatic rings. The number of hydrogen-bond acceptors (Lipinski definition) is 5. The molecule has 0 atom stereocenters. The van der Waals surface area contributed by atoms with Gasteiger partial charge < -0.3 is 9.72 Å². The zero-order valence-corrected chi connectivity index (χ0v) is 15.2. The molecule has 0 aliphatic carbocycles. The first kappa shape index (κ1) is 17.5. The summed E-state index contributed by atoms with van der Waals surface area (Å²) in [6, 6.07) is 5.87. The molecule has 6 nitrogen and oxygen atoms in total. The molecule has 0 amide bonds. The maximum Gasteiger partial charge on any atom is 0.326 e. The number of halogens is 2. The lowest BCUT2D eigenvalue weighted by Crippen LogP contribution is -2.19. The largest absolute Gasteiger partial charge is 0.481 e. The molecule has 0 fully saturated rings. The van der Waals surface area contributed by atoms with Gasteiger partial charge in [0.2, 0.25) is 5.88 Å². The van der Waals surface area contributed by atoms with Crippen LogP contribution >= 0.6 is 11.8 Å². The van der Waals surface area contributed by atoms with Gasteiger partial charge in [0, 0.05) is 21.9 Å². The number of aromatic amines is 1. The summed E-state index contributed by atoms with van der Waals surface area (Å²) in [6.07, 6.45) is 3.20. The minimum Gasteiger partial charge on any atom is -0.481 e. The number of nitrogens with one attached hydrogen (secondary N) is 1. The summed E-state index contributed by atoms with van der Waals surface area (Å²) in [4.78, 5) is 24.0. The third kappa shape index (κ3) is 2.93. The number of pyridine rings is 2. The second kappa shape index (κ2) is 6.66. The Morgan fingerprint density at radius 1 is 1.26 bits per heavy atom. The number of methoxy groups -OCH3 is 1. The van der Waals surface area contributed by atoms with Crippen molar-refractivity contribution in [2.24, 2.45) is 0 Å². The van der Waals surface area contributed by atoms with Crippen LogP contribution in [0.4, 0.5) is 8.78 Å². The van der Waals surface area contributed by atoms with E-state index < -0.39 is 17.3 Å². The molecule has 0 saturated carbocycles. The zero-order valence-electron chi connectivity index (χ0n) is 14.4. The number of rotatable bonds is 4. The van der Waals surface area contributed by atoms with E-state index in [4.69, 9.17) is 4.74 Å². The minimum absolute atomic E-state index is 0.178. The normalized spacial score (nSPS) is 11.4. The standard InChI is InChI=1S/C18H14F2N4O2S/c1-26-15-4-3-10-16-14(7-21-17(10)23-15)22-18(25)24(16)8-11-12(19)5-9(27-2)6-13(11)20/h3-7H,8H2,1-2H3,(H,22,25). The Morgan fingerprint density at radius 2 is 2.00 bits per heavy atom. The molecule has 9 heteroatoms. The van der Waals surface area contributed by atoms with Crippen LogP contribution in [0.5, 0.6) is 5.88 Å². The van der Waals surface area contributed by atoms with Crippen LogP contribution in [-0.2, 0) is 6.54 Å². The first-order valence-corrected chi connectivity index (χ1v) is 9.18. The highest BCUT2D eigenvalue weighted by molar-refractivity contribution is 7.98. The summed E-state index contributed by atoms with van der Waals surface area (Å²) in [5.41, 5.74) is 0.646. The Hall–Kier alpha value is -2.94. The third-order valence-corrected chi connectivity index (χ3v) is 5.02. The average Bonchev–Trinajstić information content (AvgIpc) is 2.99. The second-order valence-electron chi connectivity index (χ2n) is 5.83. The summed E-state index contributed by atoms with van der Waals surface area (Å²) in [5, 5.41) is 0.577. The van der Waals surface area contributed by atoms with E-state index in [1.807, 2.05) is 0 Å². The first-order chi connectivity index (χ1) is 13.0. The van der Waals surface area contributed by atoms with Crippen molar-refractivity contribution in [1.82, 2.24) is 19.5 Å². The Balaban J connectivity index is 1.93. The molecule has 0 bridgehead atoms. The molecule has 3 heterocycles. The number of benzene rings is 1. The number of ether oxygens (including phenoxy) is 1. The van der Waals surface area contributed by atoms with Gasteiger partial charge in [-0.2, -0.15) is 4.98 Å². The SMILES string of the molecule is COc1ccc2c(ncc3[nH]c(=O)n(Cc4c(F)cc(SC)cc4F)c32)n1. The van der Waals surface area contributed by atoms with E-state index in [0.29, 0.717) is 32.8 Å². The molecule has 0 unspecified atom stereocenters. The Labute approximate surface area is 156 Å². The van der Waals surface area contributed by atoms with Crippen molar-refractivity contribution >= 4 is 33.8 Å². The molecule has 0 spiro atoms.